The molecule has 2 aliphatic heterocycles. The highest BCUT2D eigenvalue weighted by molar-refractivity contribution is 5.95. The SMILES string of the molecule is O=C1CC[C@@]2(O1)OC(=O)c1ccccc12. The fourth-order valence-electron chi connectivity index (χ4n) is 2.07. The van der Waals surface area contributed by atoms with E-state index >= 15 is 0 Å². The molecule has 1 fully saturated rings. The number of benzene rings is 1. The van der Waals surface area contributed by atoms with Crippen LogP contribution in [-0.2, 0) is 20.1 Å². The number of esters is 2. The summed E-state index contributed by atoms with van der Waals surface area (Å²) < 4.78 is 10.3. The van der Waals surface area contributed by atoms with Crippen molar-refractivity contribution < 1.29 is 19.1 Å². The zero-order valence-electron chi connectivity index (χ0n) is 7.86. The first-order chi connectivity index (χ1) is 7.21. The maximum absolute atomic E-state index is 11.5. The summed E-state index contributed by atoms with van der Waals surface area (Å²) in [7, 11) is 0. The van der Waals surface area contributed by atoms with E-state index in [-0.39, 0.29) is 5.97 Å². The maximum Gasteiger partial charge on any atom is 0.342 e. The van der Waals surface area contributed by atoms with Crippen LogP contribution >= 0.6 is 0 Å². The summed E-state index contributed by atoms with van der Waals surface area (Å²) in [6.07, 6.45) is 0.705. The summed E-state index contributed by atoms with van der Waals surface area (Å²) >= 11 is 0. The summed E-state index contributed by atoms with van der Waals surface area (Å²) in [4.78, 5) is 22.6. The molecule has 0 bridgehead atoms. The Morgan fingerprint density at radius 3 is 2.67 bits per heavy atom. The van der Waals surface area contributed by atoms with Gasteiger partial charge < -0.3 is 9.47 Å². The van der Waals surface area contributed by atoms with Crippen LogP contribution in [0.15, 0.2) is 24.3 Å². The van der Waals surface area contributed by atoms with Crippen molar-refractivity contribution in [1.82, 2.24) is 0 Å². The van der Waals surface area contributed by atoms with Gasteiger partial charge in [-0.05, 0) is 6.07 Å². The van der Waals surface area contributed by atoms with Gasteiger partial charge in [0, 0.05) is 6.42 Å². The highest BCUT2D eigenvalue weighted by Gasteiger charge is 2.52. The lowest BCUT2D eigenvalue weighted by Gasteiger charge is -2.20. The third-order valence-corrected chi connectivity index (χ3v) is 2.75. The zero-order valence-corrected chi connectivity index (χ0v) is 7.86. The van der Waals surface area contributed by atoms with E-state index in [1.165, 1.54) is 0 Å². The molecule has 0 aliphatic carbocycles. The molecule has 3 rings (SSSR count). The monoisotopic (exact) mass is 204 g/mol. The first-order valence-corrected chi connectivity index (χ1v) is 4.76. The molecule has 0 N–H and O–H groups in total. The van der Waals surface area contributed by atoms with E-state index in [1.54, 1.807) is 24.3 Å². The van der Waals surface area contributed by atoms with Gasteiger partial charge in [-0.2, -0.15) is 0 Å². The number of rotatable bonds is 0. The highest BCUT2D eigenvalue weighted by atomic mass is 16.7. The predicted molar refractivity (Wildman–Crippen MR) is 48.9 cm³/mol. The van der Waals surface area contributed by atoms with Crippen molar-refractivity contribution in [2.24, 2.45) is 0 Å². The second-order valence-corrected chi connectivity index (χ2v) is 3.66. The van der Waals surface area contributed by atoms with Gasteiger partial charge in [-0.15, -0.1) is 0 Å². The van der Waals surface area contributed by atoms with Gasteiger partial charge in [-0.25, -0.2) is 4.79 Å². The number of hydrogen-bond donors (Lipinski definition) is 0. The molecule has 2 heterocycles. The minimum atomic E-state index is -1.13. The summed E-state index contributed by atoms with van der Waals surface area (Å²) in [5.41, 5.74) is 1.16. The van der Waals surface area contributed by atoms with Crippen molar-refractivity contribution in [1.29, 1.82) is 0 Å². The van der Waals surface area contributed by atoms with Crippen molar-refractivity contribution in [3.05, 3.63) is 35.4 Å². The van der Waals surface area contributed by atoms with E-state index < -0.39 is 11.8 Å². The molecule has 76 valence electrons. The number of carbonyl (C=O) groups is 2. The van der Waals surface area contributed by atoms with Gasteiger partial charge in [0.15, 0.2) is 0 Å². The minimum absolute atomic E-state index is 0.293. The van der Waals surface area contributed by atoms with Crippen molar-refractivity contribution in [2.45, 2.75) is 18.6 Å². The van der Waals surface area contributed by atoms with Crippen LogP contribution in [0.25, 0.3) is 0 Å². The van der Waals surface area contributed by atoms with Gasteiger partial charge in [0.25, 0.3) is 5.79 Å². The van der Waals surface area contributed by atoms with Crippen LogP contribution in [0.5, 0.6) is 0 Å². The molecule has 1 aromatic carbocycles. The normalized spacial score (nSPS) is 27.7. The van der Waals surface area contributed by atoms with Crippen molar-refractivity contribution in [3.8, 4) is 0 Å². The van der Waals surface area contributed by atoms with Crippen molar-refractivity contribution >= 4 is 11.9 Å². The summed E-state index contributed by atoms with van der Waals surface area (Å²) in [6, 6.07) is 7.00. The third-order valence-electron chi connectivity index (χ3n) is 2.75. The van der Waals surface area contributed by atoms with Crippen LogP contribution < -0.4 is 0 Å². The first kappa shape index (κ1) is 8.47. The van der Waals surface area contributed by atoms with Gasteiger partial charge in [0.1, 0.15) is 0 Å². The van der Waals surface area contributed by atoms with E-state index in [2.05, 4.69) is 0 Å². The number of ether oxygens (including phenoxy) is 2. The van der Waals surface area contributed by atoms with Crippen molar-refractivity contribution in [3.63, 3.8) is 0 Å². The second-order valence-electron chi connectivity index (χ2n) is 3.66. The van der Waals surface area contributed by atoms with E-state index in [4.69, 9.17) is 9.47 Å². The molecule has 0 unspecified atom stereocenters. The Kier molecular flexibility index (Phi) is 1.46. The minimum Gasteiger partial charge on any atom is -0.418 e. The molecule has 2 aliphatic rings. The van der Waals surface area contributed by atoms with Crippen LogP contribution in [0.3, 0.4) is 0 Å². The molecule has 0 amide bonds. The van der Waals surface area contributed by atoms with Gasteiger partial charge >= 0.3 is 11.9 Å². The largest absolute Gasteiger partial charge is 0.418 e. The van der Waals surface area contributed by atoms with E-state index in [0.717, 1.165) is 0 Å². The Morgan fingerprint density at radius 1 is 1.13 bits per heavy atom. The fourth-order valence-corrected chi connectivity index (χ4v) is 2.07. The quantitative estimate of drug-likeness (QED) is 0.598. The second kappa shape index (κ2) is 2.59. The molecule has 4 nitrogen and oxygen atoms in total. The summed E-state index contributed by atoms with van der Waals surface area (Å²) in [5.74, 6) is -1.87. The molecule has 1 atom stereocenters. The van der Waals surface area contributed by atoms with E-state index in [1.807, 2.05) is 0 Å². The molecule has 0 saturated carbocycles. The lowest BCUT2D eigenvalue weighted by atomic mass is 10.0. The summed E-state index contributed by atoms with van der Waals surface area (Å²) in [5, 5.41) is 0. The Morgan fingerprint density at radius 2 is 1.93 bits per heavy atom. The molecule has 15 heavy (non-hydrogen) atoms. The van der Waals surface area contributed by atoms with Gasteiger partial charge in [-0.1, -0.05) is 18.2 Å². The third kappa shape index (κ3) is 1.02. The molecule has 1 spiro atoms. The van der Waals surface area contributed by atoms with Gasteiger partial charge in [0.2, 0.25) is 0 Å². The molecule has 1 aromatic rings. The molecule has 4 heteroatoms. The Labute approximate surface area is 85.8 Å². The smallest absolute Gasteiger partial charge is 0.342 e. The van der Waals surface area contributed by atoms with Crippen LogP contribution in [0.2, 0.25) is 0 Å². The van der Waals surface area contributed by atoms with Gasteiger partial charge in [-0.3, -0.25) is 4.79 Å². The van der Waals surface area contributed by atoms with Crippen LogP contribution in [0.4, 0.5) is 0 Å². The summed E-state index contributed by atoms with van der Waals surface area (Å²) in [6.45, 7) is 0. The predicted octanol–water partition coefficient (Wildman–Crippen LogP) is 1.35. The number of fused-ring (bicyclic) bond motifs is 2. The highest BCUT2D eigenvalue weighted by Crippen LogP contribution is 2.44. The maximum atomic E-state index is 11.5. The van der Waals surface area contributed by atoms with Gasteiger partial charge in [0.05, 0.1) is 17.5 Å². The number of hydrogen-bond acceptors (Lipinski definition) is 4. The van der Waals surface area contributed by atoms with Crippen LogP contribution in [0.1, 0.15) is 28.8 Å². The van der Waals surface area contributed by atoms with E-state index in [9.17, 15) is 9.59 Å². The number of carbonyl (C=O) groups excluding carboxylic acids is 2. The topological polar surface area (TPSA) is 52.6 Å². The Balaban J connectivity index is 2.16. The average molecular weight is 204 g/mol. The first-order valence-electron chi connectivity index (χ1n) is 4.76. The van der Waals surface area contributed by atoms with E-state index in [0.29, 0.717) is 24.0 Å². The Hall–Kier alpha value is -1.84. The van der Waals surface area contributed by atoms with Crippen LogP contribution in [0, 0.1) is 0 Å². The fraction of sp³-hybridized carbons (Fsp3) is 0.273. The molecular formula is C11H8O4. The lowest BCUT2D eigenvalue weighted by molar-refractivity contribution is -0.188. The standard InChI is InChI=1S/C11H8O4/c12-9-5-6-11(14-9)8-4-2-1-3-7(8)10(13)15-11/h1-4H,5-6H2/t11-/m1/s1. The molecule has 0 radical (unpaired) electrons. The van der Waals surface area contributed by atoms with Crippen LogP contribution in [-0.4, -0.2) is 11.9 Å². The zero-order chi connectivity index (χ0) is 10.5. The molecule has 1 saturated heterocycles. The molecular weight excluding hydrogens is 196 g/mol. The molecule has 0 aromatic heterocycles. The Bertz CT molecular complexity index is 465. The lowest BCUT2D eigenvalue weighted by Crippen LogP contribution is -2.25. The van der Waals surface area contributed by atoms with Crippen molar-refractivity contribution in [2.75, 3.05) is 0 Å². The average Bonchev–Trinajstić information content (AvgIpc) is 2.72.